The van der Waals surface area contributed by atoms with Gasteiger partial charge in [-0.05, 0) is 51.4 Å². The molecule has 8 bridgehead atoms. The molecular weight excluding hydrogens is 810 g/mol. The molecule has 13 N–H and O–H groups in total. The second-order valence-electron chi connectivity index (χ2n) is 17.0. The van der Waals surface area contributed by atoms with Gasteiger partial charge in [-0.25, -0.2) is 0 Å². The average molecular weight is 880 g/mol. The van der Waals surface area contributed by atoms with Crippen molar-refractivity contribution in [3.63, 3.8) is 0 Å². The molecule has 0 aromatic rings. The van der Waals surface area contributed by atoms with E-state index in [9.17, 15) is 51.1 Å². The number of aliphatic hydroxyl groups excluding tert-OH is 10. The minimum Gasteiger partial charge on any atom is -0.394 e. The Morgan fingerprint density at radius 3 is 1.23 bits per heavy atom. The zero-order chi connectivity index (χ0) is 43.8. The molecule has 0 amide bonds. The van der Waals surface area contributed by atoms with Crippen molar-refractivity contribution in [2.75, 3.05) is 39.8 Å². The van der Waals surface area contributed by atoms with Crippen LogP contribution in [0.3, 0.4) is 0 Å². The molecule has 12 rings (SSSR count). The largest absolute Gasteiger partial charge is 0.394 e. The van der Waals surface area contributed by atoms with Crippen molar-refractivity contribution in [1.29, 1.82) is 0 Å². The van der Waals surface area contributed by atoms with Crippen molar-refractivity contribution in [3.8, 4) is 0 Å². The lowest BCUT2D eigenvalue weighted by Gasteiger charge is -2.47. The van der Waals surface area contributed by atoms with Gasteiger partial charge in [0.2, 0.25) is 0 Å². The van der Waals surface area contributed by atoms with E-state index in [-0.39, 0.29) is 13.2 Å². The summed E-state index contributed by atoms with van der Waals surface area (Å²) in [6, 6.07) is 0. The predicted molar refractivity (Wildman–Crippen MR) is 209 cm³/mol. The summed E-state index contributed by atoms with van der Waals surface area (Å²) in [5.41, 5.74) is 1.37. The SMILES string of the molecule is C=C(CCC1O[C@H]2OC3C(CO)O[C@@H](OCCCCC1C(O)C2O)C(O)C3O)NCNCNC(=C)CCC1O[C@H]2OC3C(CO)O[C@@H](OCCCCC1C(O)C2O)C(O)C3O. The maximum absolute atomic E-state index is 11.2. The normalized spacial score (nSPS) is 44.9. The van der Waals surface area contributed by atoms with Gasteiger partial charge in [0.05, 0.1) is 51.0 Å². The highest BCUT2D eigenvalue weighted by molar-refractivity contribution is 4.99. The molecule has 12 heterocycles. The lowest BCUT2D eigenvalue weighted by Crippen LogP contribution is -2.63. The lowest BCUT2D eigenvalue weighted by atomic mass is 9.83. The van der Waals surface area contributed by atoms with Crippen molar-refractivity contribution in [3.05, 3.63) is 24.6 Å². The van der Waals surface area contributed by atoms with Gasteiger partial charge in [0.25, 0.3) is 0 Å². The standard InChI is InChI=1S/C40H69N3O18/c1-19(9-11-23-21-7-3-5-13-54-37-33(52)29(48)35(25(15-44)58-37)60-39(56-23)31(50)27(21)46)42-17-41-18-43-20(2)10-12-24-22-8-4-6-14-55-38-34(53)30(49)36(26(16-45)59-38)61-40(57-24)32(51)28(22)47/h21-53H,1-18H2/t21?,22?,23?,24?,25?,26?,27?,28?,29?,30?,31?,32?,33?,34?,35?,36?,37-,38-,39+,40+/m1/s1. The first-order valence-electron chi connectivity index (χ1n) is 21.7. The molecule has 0 spiro atoms. The highest BCUT2D eigenvalue weighted by atomic mass is 16.7. The fraction of sp³-hybridized carbons (Fsp3) is 0.900. The van der Waals surface area contributed by atoms with Crippen LogP contribution < -0.4 is 16.0 Å². The van der Waals surface area contributed by atoms with Crippen LogP contribution in [0.1, 0.15) is 64.2 Å². The average Bonchev–Trinajstić information content (AvgIpc) is 3.25. The van der Waals surface area contributed by atoms with E-state index in [1.165, 1.54) is 0 Å². The van der Waals surface area contributed by atoms with E-state index >= 15 is 0 Å². The molecule has 21 nitrogen and oxygen atoms in total. The minimum absolute atomic E-state index is 0.202. The van der Waals surface area contributed by atoms with E-state index in [0.717, 1.165) is 0 Å². The summed E-state index contributed by atoms with van der Waals surface area (Å²) in [5, 5.41) is 117. The maximum atomic E-state index is 11.2. The number of nitrogens with one attached hydrogen (secondary N) is 3. The summed E-state index contributed by atoms with van der Waals surface area (Å²) in [4.78, 5) is 0. The van der Waals surface area contributed by atoms with E-state index in [0.29, 0.717) is 88.9 Å². The fourth-order valence-corrected chi connectivity index (χ4v) is 9.12. The van der Waals surface area contributed by atoms with E-state index in [1.807, 2.05) is 0 Å². The summed E-state index contributed by atoms with van der Waals surface area (Å²) < 4.78 is 46.9. The van der Waals surface area contributed by atoms with E-state index in [2.05, 4.69) is 29.1 Å². The third-order valence-electron chi connectivity index (χ3n) is 12.7. The van der Waals surface area contributed by atoms with Gasteiger partial charge >= 0.3 is 0 Å². The van der Waals surface area contributed by atoms with Crippen LogP contribution in [0.2, 0.25) is 0 Å². The molecule has 21 heteroatoms. The number of hydrogen-bond acceptors (Lipinski definition) is 21. The van der Waals surface area contributed by atoms with Crippen LogP contribution in [-0.2, 0) is 37.9 Å². The van der Waals surface area contributed by atoms with Crippen LogP contribution >= 0.6 is 0 Å². The van der Waals surface area contributed by atoms with Gasteiger partial charge < -0.3 is 99.6 Å². The number of ether oxygens (including phenoxy) is 8. The maximum Gasteiger partial charge on any atom is 0.186 e. The van der Waals surface area contributed by atoms with Crippen LogP contribution in [0.4, 0.5) is 0 Å². The molecule has 20 atom stereocenters. The number of rotatable bonds is 14. The van der Waals surface area contributed by atoms with Crippen LogP contribution in [0.15, 0.2) is 24.6 Å². The number of hydrogen-bond donors (Lipinski definition) is 13. The van der Waals surface area contributed by atoms with E-state index in [4.69, 9.17) is 37.9 Å². The molecule has 12 fully saturated rings. The molecule has 16 unspecified atom stereocenters. The Kier molecular flexibility index (Phi) is 18.4. The quantitative estimate of drug-likeness (QED) is 0.0593. The summed E-state index contributed by atoms with van der Waals surface area (Å²) in [5.74, 6) is -0.866. The van der Waals surface area contributed by atoms with Gasteiger partial charge in [-0.3, -0.25) is 5.32 Å². The predicted octanol–water partition coefficient (Wildman–Crippen LogP) is -3.57. The Labute approximate surface area is 355 Å². The molecule has 0 aliphatic carbocycles. The zero-order valence-electron chi connectivity index (χ0n) is 34.5. The third-order valence-corrected chi connectivity index (χ3v) is 12.7. The molecule has 0 radical (unpaired) electrons. The van der Waals surface area contributed by atoms with Gasteiger partial charge in [0.1, 0.15) is 61.0 Å². The zero-order valence-corrected chi connectivity index (χ0v) is 34.5. The first-order chi connectivity index (χ1) is 29.3. The lowest BCUT2D eigenvalue weighted by molar-refractivity contribution is -0.356. The first-order valence-corrected chi connectivity index (χ1v) is 21.7. The highest BCUT2D eigenvalue weighted by Gasteiger charge is 2.53. The van der Waals surface area contributed by atoms with E-state index in [1.54, 1.807) is 0 Å². The monoisotopic (exact) mass is 879 g/mol. The topological polar surface area (TPSA) is 312 Å². The second-order valence-corrected chi connectivity index (χ2v) is 17.0. The van der Waals surface area contributed by atoms with Crippen molar-refractivity contribution >= 4 is 0 Å². The van der Waals surface area contributed by atoms with Crippen LogP contribution in [0.5, 0.6) is 0 Å². The highest BCUT2D eigenvalue weighted by Crippen LogP contribution is 2.38. The molecule has 12 aliphatic heterocycles. The minimum atomic E-state index is -1.52. The summed E-state index contributed by atoms with van der Waals surface area (Å²) in [6.45, 7) is 8.23. The molecule has 61 heavy (non-hydrogen) atoms. The third kappa shape index (κ3) is 12.0. The molecule has 0 aromatic carbocycles. The first kappa shape index (κ1) is 48.8. The van der Waals surface area contributed by atoms with Crippen LogP contribution in [-0.4, -0.2) is 201 Å². The molecule has 352 valence electrons. The van der Waals surface area contributed by atoms with Gasteiger partial charge in [0, 0.05) is 36.4 Å². The summed E-state index contributed by atoms with van der Waals surface area (Å²) in [7, 11) is 0. The van der Waals surface area contributed by atoms with Crippen molar-refractivity contribution in [2.45, 2.75) is 175 Å². The summed E-state index contributed by atoms with van der Waals surface area (Å²) in [6.07, 6.45) is -17.1. The smallest absolute Gasteiger partial charge is 0.186 e. The van der Waals surface area contributed by atoms with Crippen LogP contribution in [0.25, 0.3) is 0 Å². The number of allylic oxidation sites excluding steroid dienone is 2. The van der Waals surface area contributed by atoms with Crippen LogP contribution in [0, 0.1) is 11.8 Å². The fourth-order valence-electron chi connectivity index (χ4n) is 9.12. The Balaban J connectivity index is 0.950. The Morgan fingerprint density at radius 2 is 0.836 bits per heavy atom. The van der Waals surface area contributed by atoms with Gasteiger partial charge in [-0.15, -0.1) is 0 Å². The summed E-state index contributed by atoms with van der Waals surface area (Å²) >= 11 is 0. The molecule has 0 aromatic heterocycles. The Morgan fingerprint density at radius 1 is 0.459 bits per heavy atom. The molecule has 12 aliphatic rings. The Bertz CT molecular complexity index is 1270. The van der Waals surface area contributed by atoms with Crippen molar-refractivity contribution in [1.82, 2.24) is 16.0 Å². The Hall–Kier alpha value is -1.68. The van der Waals surface area contributed by atoms with Gasteiger partial charge in [-0.2, -0.15) is 0 Å². The molecule has 0 saturated carbocycles. The van der Waals surface area contributed by atoms with Crippen molar-refractivity contribution < 1.29 is 89.0 Å². The van der Waals surface area contributed by atoms with Gasteiger partial charge in [-0.1, -0.05) is 26.0 Å². The van der Waals surface area contributed by atoms with E-state index < -0.39 is 136 Å². The molecule has 12 saturated heterocycles. The number of aliphatic hydroxyl groups is 10. The molecular formula is C40H69N3O18. The van der Waals surface area contributed by atoms with Gasteiger partial charge in [0.15, 0.2) is 25.2 Å². The second kappa shape index (κ2) is 23.0. The van der Waals surface area contributed by atoms with Crippen molar-refractivity contribution in [2.24, 2.45) is 11.8 Å².